The van der Waals surface area contributed by atoms with Crippen molar-refractivity contribution in [3.05, 3.63) is 59.7 Å². The van der Waals surface area contributed by atoms with E-state index in [9.17, 15) is 13.9 Å². The van der Waals surface area contributed by atoms with Gasteiger partial charge in [0.15, 0.2) is 16.7 Å². The molecule has 2 aromatic carbocycles. The summed E-state index contributed by atoms with van der Waals surface area (Å²) < 4.78 is 26.0. The van der Waals surface area contributed by atoms with E-state index in [0.717, 1.165) is 11.6 Å². The average molecular weight is 294 g/mol. The Morgan fingerprint density at radius 3 is 2.50 bits per heavy atom. The van der Waals surface area contributed by atoms with Gasteiger partial charge in [-0.3, -0.25) is 0 Å². The van der Waals surface area contributed by atoms with Gasteiger partial charge in [0.2, 0.25) is 5.82 Å². The molecule has 6 heteroatoms. The number of hydrogen-bond donors (Lipinski definition) is 3. The molecule has 2 rings (SSSR count). The normalized spacial score (nSPS) is 10.1. The van der Waals surface area contributed by atoms with Crippen LogP contribution in [0.1, 0.15) is 5.56 Å². The molecule has 0 amide bonds. The maximum atomic E-state index is 13.2. The largest absolute Gasteiger partial charge is 0.503 e. The Morgan fingerprint density at radius 2 is 1.80 bits per heavy atom. The Balaban J connectivity index is 1.97. The maximum absolute atomic E-state index is 13.2. The molecule has 104 valence electrons. The first-order valence-corrected chi connectivity index (χ1v) is 6.24. The second-order valence-corrected chi connectivity index (χ2v) is 4.46. The van der Waals surface area contributed by atoms with E-state index >= 15 is 0 Å². The molecule has 0 radical (unpaired) electrons. The van der Waals surface area contributed by atoms with Crippen molar-refractivity contribution in [2.45, 2.75) is 6.54 Å². The lowest BCUT2D eigenvalue weighted by Crippen LogP contribution is -2.28. The second kappa shape index (κ2) is 6.29. The van der Waals surface area contributed by atoms with Gasteiger partial charge in [0.25, 0.3) is 0 Å². The molecular formula is C14H12F2N2OS. The zero-order valence-electron chi connectivity index (χ0n) is 10.4. The number of aromatic hydroxyl groups is 1. The van der Waals surface area contributed by atoms with Crippen molar-refractivity contribution in [3.8, 4) is 5.75 Å². The van der Waals surface area contributed by atoms with Crippen molar-refractivity contribution in [2.75, 3.05) is 5.32 Å². The predicted molar refractivity (Wildman–Crippen MR) is 77.5 cm³/mol. The highest BCUT2D eigenvalue weighted by molar-refractivity contribution is 7.80. The quantitative estimate of drug-likeness (QED) is 0.601. The first kappa shape index (κ1) is 14.2. The van der Waals surface area contributed by atoms with Crippen LogP contribution in [0.3, 0.4) is 0 Å². The summed E-state index contributed by atoms with van der Waals surface area (Å²) in [6.07, 6.45) is 0. The molecule has 2 aromatic rings. The molecule has 0 saturated heterocycles. The molecule has 0 aliphatic carbocycles. The lowest BCUT2D eigenvalue weighted by Gasteiger charge is -2.12. The first-order chi connectivity index (χ1) is 9.58. The van der Waals surface area contributed by atoms with E-state index in [2.05, 4.69) is 10.6 Å². The van der Waals surface area contributed by atoms with Crippen LogP contribution in [0.25, 0.3) is 0 Å². The number of thiocarbonyl (C=S) groups is 1. The van der Waals surface area contributed by atoms with Gasteiger partial charge in [-0.1, -0.05) is 30.3 Å². The molecule has 0 heterocycles. The average Bonchev–Trinajstić information content (AvgIpc) is 2.47. The van der Waals surface area contributed by atoms with Gasteiger partial charge in [-0.05, 0) is 29.9 Å². The number of phenolic OH excluding ortho intramolecular Hbond substituents is 1. The molecule has 0 atom stereocenters. The SMILES string of the molecule is Oc1c(NC(=S)NCc2ccccc2)ccc(F)c1F. The fourth-order valence-corrected chi connectivity index (χ4v) is 1.77. The van der Waals surface area contributed by atoms with E-state index in [-0.39, 0.29) is 10.8 Å². The van der Waals surface area contributed by atoms with Crippen molar-refractivity contribution >= 4 is 23.0 Å². The number of anilines is 1. The summed E-state index contributed by atoms with van der Waals surface area (Å²) >= 11 is 5.02. The van der Waals surface area contributed by atoms with Crippen LogP contribution in [0, 0.1) is 11.6 Å². The van der Waals surface area contributed by atoms with Gasteiger partial charge in [-0.2, -0.15) is 4.39 Å². The Morgan fingerprint density at radius 1 is 1.10 bits per heavy atom. The van der Waals surface area contributed by atoms with Crippen LogP contribution in [0.15, 0.2) is 42.5 Å². The molecule has 0 bridgehead atoms. The van der Waals surface area contributed by atoms with Crippen molar-refractivity contribution in [1.29, 1.82) is 0 Å². The van der Waals surface area contributed by atoms with E-state index in [1.54, 1.807) is 0 Å². The summed E-state index contributed by atoms with van der Waals surface area (Å²) in [5.74, 6) is -3.22. The highest BCUT2D eigenvalue weighted by Gasteiger charge is 2.12. The number of benzene rings is 2. The summed E-state index contributed by atoms with van der Waals surface area (Å²) in [6.45, 7) is 0.483. The Kier molecular flexibility index (Phi) is 4.47. The molecule has 0 saturated carbocycles. The van der Waals surface area contributed by atoms with Gasteiger partial charge >= 0.3 is 0 Å². The third kappa shape index (κ3) is 3.42. The minimum absolute atomic E-state index is 0.00876. The van der Waals surface area contributed by atoms with Crippen molar-refractivity contribution in [1.82, 2.24) is 5.32 Å². The number of halogens is 2. The molecule has 0 aliphatic heterocycles. The second-order valence-electron chi connectivity index (χ2n) is 4.05. The topological polar surface area (TPSA) is 44.3 Å². The minimum Gasteiger partial charge on any atom is -0.503 e. The zero-order valence-corrected chi connectivity index (χ0v) is 11.2. The van der Waals surface area contributed by atoms with Crippen molar-refractivity contribution < 1.29 is 13.9 Å². The molecule has 20 heavy (non-hydrogen) atoms. The van der Waals surface area contributed by atoms with E-state index < -0.39 is 17.4 Å². The highest BCUT2D eigenvalue weighted by atomic mass is 32.1. The van der Waals surface area contributed by atoms with Gasteiger partial charge in [0.1, 0.15) is 0 Å². The molecule has 0 fully saturated rings. The highest BCUT2D eigenvalue weighted by Crippen LogP contribution is 2.27. The molecule has 0 aromatic heterocycles. The van der Waals surface area contributed by atoms with E-state index in [1.807, 2.05) is 30.3 Å². The number of rotatable bonds is 3. The Labute approximate surface area is 120 Å². The monoisotopic (exact) mass is 294 g/mol. The number of nitrogens with one attached hydrogen (secondary N) is 2. The molecule has 0 aliphatic rings. The van der Waals surface area contributed by atoms with Gasteiger partial charge in [-0.15, -0.1) is 0 Å². The fraction of sp³-hybridized carbons (Fsp3) is 0.0714. The number of hydrogen-bond acceptors (Lipinski definition) is 2. The van der Waals surface area contributed by atoms with Crippen LogP contribution in [0.2, 0.25) is 0 Å². The zero-order chi connectivity index (χ0) is 14.5. The number of phenols is 1. The summed E-state index contributed by atoms with van der Waals surface area (Å²) in [4.78, 5) is 0. The third-order valence-corrected chi connectivity index (χ3v) is 2.86. The summed E-state index contributed by atoms with van der Waals surface area (Å²) in [6, 6.07) is 11.7. The fourth-order valence-electron chi connectivity index (χ4n) is 1.59. The minimum atomic E-state index is -1.30. The van der Waals surface area contributed by atoms with Crippen molar-refractivity contribution in [3.63, 3.8) is 0 Å². The van der Waals surface area contributed by atoms with Crippen LogP contribution in [0.5, 0.6) is 5.75 Å². The lowest BCUT2D eigenvalue weighted by molar-refractivity contribution is 0.409. The molecule has 3 nitrogen and oxygen atoms in total. The summed E-state index contributed by atoms with van der Waals surface area (Å²) in [5.41, 5.74) is 1.03. The molecule has 0 spiro atoms. The van der Waals surface area contributed by atoms with Gasteiger partial charge < -0.3 is 15.7 Å². The summed E-state index contributed by atoms with van der Waals surface area (Å²) in [7, 11) is 0. The standard InChI is InChI=1S/C14H12F2N2OS/c15-10-6-7-11(13(19)12(10)16)18-14(20)17-8-9-4-2-1-3-5-9/h1-7,19H,8H2,(H2,17,18,20). The Hall–Kier alpha value is -2.21. The van der Waals surface area contributed by atoms with Crippen LogP contribution in [0.4, 0.5) is 14.5 Å². The van der Waals surface area contributed by atoms with E-state index in [0.29, 0.717) is 6.54 Å². The molecule has 3 N–H and O–H groups in total. The van der Waals surface area contributed by atoms with E-state index in [4.69, 9.17) is 12.2 Å². The molecule has 0 unspecified atom stereocenters. The third-order valence-electron chi connectivity index (χ3n) is 2.61. The van der Waals surface area contributed by atoms with Crippen LogP contribution >= 0.6 is 12.2 Å². The first-order valence-electron chi connectivity index (χ1n) is 5.83. The van der Waals surface area contributed by atoms with Gasteiger partial charge in [-0.25, -0.2) is 4.39 Å². The van der Waals surface area contributed by atoms with Gasteiger partial charge in [0, 0.05) is 6.54 Å². The van der Waals surface area contributed by atoms with Crippen LogP contribution < -0.4 is 10.6 Å². The van der Waals surface area contributed by atoms with E-state index in [1.165, 1.54) is 6.07 Å². The maximum Gasteiger partial charge on any atom is 0.202 e. The van der Waals surface area contributed by atoms with Crippen molar-refractivity contribution in [2.24, 2.45) is 0 Å². The molecular weight excluding hydrogens is 282 g/mol. The van der Waals surface area contributed by atoms with Crippen LogP contribution in [-0.2, 0) is 6.54 Å². The van der Waals surface area contributed by atoms with Crippen LogP contribution in [-0.4, -0.2) is 10.2 Å². The van der Waals surface area contributed by atoms with Gasteiger partial charge in [0.05, 0.1) is 5.69 Å². The predicted octanol–water partition coefficient (Wildman–Crippen LogP) is 3.16. The Bertz CT molecular complexity index is 620. The smallest absolute Gasteiger partial charge is 0.202 e. The summed E-state index contributed by atoms with van der Waals surface area (Å²) in [5, 5.41) is 15.2. The lowest BCUT2D eigenvalue weighted by atomic mass is 10.2.